The van der Waals surface area contributed by atoms with Crippen molar-refractivity contribution in [2.75, 3.05) is 0 Å². The number of hydrogen-bond donors (Lipinski definition) is 2. The molecule has 3 aromatic rings. The molecule has 3 N–H and O–H groups in total. The first-order chi connectivity index (χ1) is 12.2. The number of nitrogens with two attached hydrogens (primary N) is 1. The Balaban J connectivity index is 1.81. The van der Waals surface area contributed by atoms with Gasteiger partial charge in [-0.2, -0.15) is 0 Å². The summed E-state index contributed by atoms with van der Waals surface area (Å²) in [7, 11) is 0. The normalized spacial score (nSPS) is 11.1. The van der Waals surface area contributed by atoms with Gasteiger partial charge in [-0.05, 0) is 16.7 Å². The minimum absolute atomic E-state index is 0.270. The van der Waals surface area contributed by atoms with E-state index in [-0.39, 0.29) is 6.61 Å². The number of nitrogens with one attached hydrogen (secondary N) is 1. The first kappa shape index (κ1) is 16.9. The summed E-state index contributed by atoms with van der Waals surface area (Å²) in [5.74, 6) is -0.416. The van der Waals surface area contributed by atoms with Crippen LogP contribution in [-0.4, -0.2) is 5.91 Å². The number of hydrogen-bond acceptors (Lipinski definition) is 3. The van der Waals surface area contributed by atoms with E-state index in [2.05, 4.69) is 5.48 Å². The van der Waals surface area contributed by atoms with Crippen molar-refractivity contribution in [3.63, 3.8) is 0 Å². The molecule has 0 saturated carbocycles. The van der Waals surface area contributed by atoms with E-state index in [9.17, 15) is 4.79 Å². The van der Waals surface area contributed by atoms with Gasteiger partial charge in [-0.3, -0.25) is 9.63 Å². The summed E-state index contributed by atoms with van der Waals surface area (Å²) < 4.78 is 0. The van der Waals surface area contributed by atoms with Crippen molar-refractivity contribution < 1.29 is 9.63 Å². The Morgan fingerprint density at radius 2 is 1.24 bits per heavy atom. The molecule has 0 spiro atoms. The van der Waals surface area contributed by atoms with Gasteiger partial charge in [-0.25, -0.2) is 5.48 Å². The van der Waals surface area contributed by atoms with Gasteiger partial charge >= 0.3 is 0 Å². The summed E-state index contributed by atoms with van der Waals surface area (Å²) in [6, 6.07) is 28.2. The topological polar surface area (TPSA) is 64.4 Å². The van der Waals surface area contributed by atoms with Gasteiger partial charge in [0.1, 0.15) is 5.54 Å². The van der Waals surface area contributed by atoms with Crippen LogP contribution < -0.4 is 11.2 Å². The van der Waals surface area contributed by atoms with Gasteiger partial charge < -0.3 is 5.73 Å². The molecule has 25 heavy (non-hydrogen) atoms. The Labute approximate surface area is 147 Å². The molecule has 3 rings (SSSR count). The predicted molar refractivity (Wildman–Crippen MR) is 97.2 cm³/mol. The number of benzene rings is 3. The Morgan fingerprint density at radius 1 is 0.800 bits per heavy atom. The van der Waals surface area contributed by atoms with Gasteiger partial charge in [0.2, 0.25) is 0 Å². The van der Waals surface area contributed by atoms with Gasteiger partial charge in [-0.15, -0.1) is 0 Å². The predicted octanol–water partition coefficient (Wildman–Crippen LogP) is 3.14. The van der Waals surface area contributed by atoms with E-state index >= 15 is 0 Å². The smallest absolute Gasteiger partial charge is 0.272 e. The number of carbonyl (C=O) groups excluding carboxylic acids is 1. The molecule has 0 saturated heterocycles. The van der Waals surface area contributed by atoms with Crippen LogP contribution >= 0.6 is 0 Å². The molecule has 0 heterocycles. The molecule has 0 radical (unpaired) electrons. The fourth-order valence-corrected chi connectivity index (χ4v) is 2.67. The second-order valence-corrected chi connectivity index (χ2v) is 5.75. The first-order valence-electron chi connectivity index (χ1n) is 8.07. The highest BCUT2D eigenvalue weighted by molar-refractivity contribution is 5.90. The van der Waals surface area contributed by atoms with Gasteiger partial charge in [0.15, 0.2) is 0 Å². The lowest BCUT2D eigenvalue weighted by atomic mass is 9.83. The van der Waals surface area contributed by atoms with E-state index in [0.29, 0.717) is 11.1 Å². The molecular weight excluding hydrogens is 312 g/mol. The lowest BCUT2D eigenvalue weighted by Gasteiger charge is -2.29. The van der Waals surface area contributed by atoms with Crippen molar-refractivity contribution in [2.45, 2.75) is 12.1 Å². The highest BCUT2D eigenvalue weighted by atomic mass is 16.6. The Bertz CT molecular complexity index is 766. The lowest BCUT2D eigenvalue weighted by Crippen LogP contribution is -2.52. The largest absolute Gasteiger partial charge is 0.310 e. The number of carbonyl (C=O) groups is 1. The maximum Gasteiger partial charge on any atom is 0.272 e. The van der Waals surface area contributed by atoms with Crippen molar-refractivity contribution in [3.05, 3.63) is 108 Å². The van der Waals surface area contributed by atoms with Crippen molar-refractivity contribution in [2.24, 2.45) is 5.73 Å². The molecule has 0 aromatic heterocycles. The first-order valence-corrected chi connectivity index (χ1v) is 8.07. The fraction of sp³-hybridized carbons (Fsp3) is 0.0952. The average Bonchev–Trinajstić information content (AvgIpc) is 2.69. The molecule has 4 nitrogen and oxygen atoms in total. The van der Waals surface area contributed by atoms with Crippen molar-refractivity contribution in [3.8, 4) is 0 Å². The molecule has 1 amide bonds. The maximum absolute atomic E-state index is 12.9. The van der Waals surface area contributed by atoms with Crippen LogP contribution in [0.1, 0.15) is 16.7 Å². The zero-order chi connectivity index (χ0) is 17.5. The fourth-order valence-electron chi connectivity index (χ4n) is 2.67. The summed E-state index contributed by atoms with van der Waals surface area (Å²) in [4.78, 5) is 18.3. The van der Waals surface area contributed by atoms with Gasteiger partial charge in [0.05, 0.1) is 6.61 Å². The second-order valence-electron chi connectivity index (χ2n) is 5.75. The number of rotatable bonds is 6. The third-order valence-corrected chi connectivity index (χ3v) is 4.06. The van der Waals surface area contributed by atoms with E-state index in [4.69, 9.17) is 10.6 Å². The van der Waals surface area contributed by atoms with Crippen molar-refractivity contribution in [1.82, 2.24) is 5.48 Å². The maximum atomic E-state index is 12.9. The van der Waals surface area contributed by atoms with Crippen molar-refractivity contribution in [1.29, 1.82) is 0 Å². The second kappa shape index (κ2) is 7.75. The van der Waals surface area contributed by atoms with Crippen LogP contribution in [0.25, 0.3) is 0 Å². The minimum Gasteiger partial charge on any atom is -0.310 e. The zero-order valence-electron chi connectivity index (χ0n) is 13.8. The van der Waals surface area contributed by atoms with Crippen LogP contribution in [0, 0.1) is 0 Å². The van der Waals surface area contributed by atoms with Gasteiger partial charge in [0.25, 0.3) is 5.91 Å². The molecule has 126 valence electrons. The van der Waals surface area contributed by atoms with E-state index in [1.807, 2.05) is 91.0 Å². The molecule has 0 aliphatic carbocycles. The molecule has 3 aromatic carbocycles. The summed E-state index contributed by atoms with van der Waals surface area (Å²) in [5, 5.41) is 0. The van der Waals surface area contributed by atoms with Crippen LogP contribution in [0.4, 0.5) is 0 Å². The Kier molecular flexibility index (Phi) is 5.23. The molecule has 0 atom stereocenters. The summed E-state index contributed by atoms with van der Waals surface area (Å²) in [6.07, 6.45) is 0. The van der Waals surface area contributed by atoms with Crippen LogP contribution in [0.15, 0.2) is 91.0 Å². The third-order valence-electron chi connectivity index (χ3n) is 4.06. The van der Waals surface area contributed by atoms with Crippen LogP contribution in [-0.2, 0) is 21.8 Å². The Hall–Kier alpha value is -2.95. The van der Waals surface area contributed by atoms with Crippen molar-refractivity contribution >= 4 is 5.91 Å². The molecule has 0 aliphatic heterocycles. The lowest BCUT2D eigenvalue weighted by molar-refractivity contribution is -0.139. The summed E-state index contributed by atoms with van der Waals surface area (Å²) in [5.41, 5.74) is 10.1. The molecule has 0 bridgehead atoms. The Morgan fingerprint density at radius 3 is 1.72 bits per heavy atom. The SMILES string of the molecule is NC(C(=O)NOCc1ccccc1)(c1ccccc1)c1ccccc1. The van der Waals surface area contributed by atoms with Crippen LogP contribution in [0.5, 0.6) is 0 Å². The van der Waals surface area contributed by atoms with E-state index < -0.39 is 11.4 Å². The molecule has 0 unspecified atom stereocenters. The molecule has 0 aliphatic rings. The average molecular weight is 332 g/mol. The quantitative estimate of drug-likeness (QED) is 0.682. The van der Waals surface area contributed by atoms with Gasteiger partial charge in [-0.1, -0.05) is 91.0 Å². The molecule has 4 heteroatoms. The standard InChI is InChI=1S/C21H20N2O2/c22-21(18-12-6-2-7-13-18,19-14-8-3-9-15-19)20(24)23-25-16-17-10-4-1-5-11-17/h1-15H,16,22H2,(H,23,24). The van der Waals surface area contributed by atoms with Gasteiger partial charge in [0, 0.05) is 0 Å². The van der Waals surface area contributed by atoms with Crippen LogP contribution in [0.2, 0.25) is 0 Å². The summed E-state index contributed by atoms with van der Waals surface area (Å²) in [6.45, 7) is 0.270. The highest BCUT2D eigenvalue weighted by Crippen LogP contribution is 2.27. The molecular formula is C21H20N2O2. The molecule has 0 fully saturated rings. The summed E-state index contributed by atoms with van der Waals surface area (Å²) >= 11 is 0. The zero-order valence-corrected chi connectivity index (χ0v) is 13.8. The van der Waals surface area contributed by atoms with E-state index in [1.165, 1.54) is 0 Å². The number of amides is 1. The number of hydroxylamine groups is 1. The van der Waals surface area contributed by atoms with Crippen LogP contribution in [0.3, 0.4) is 0 Å². The van der Waals surface area contributed by atoms with E-state index in [0.717, 1.165) is 5.56 Å². The highest BCUT2D eigenvalue weighted by Gasteiger charge is 2.38. The monoisotopic (exact) mass is 332 g/mol. The third kappa shape index (κ3) is 3.76. The van der Waals surface area contributed by atoms with E-state index in [1.54, 1.807) is 0 Å². The minimum atomic E-state index is -1.33.